The monoisotopic (exact) mass is 427 g/mol. The van der Waals surface area contributed by atoms with E-state index in [0.29, 0.717) is 22.5 Å². The van der Waals surface area contributed by atoms with Crippen LogP contribution in [0.15, 0.2) is 57.7 Å². The van der Waals surface area contributed by atoms with Gasteiger partial charge in [0.1, 0.15) is 16.7 Å². The molecule has 1 saturated heterocycles. The molecule has 0 saturated carbocycles. The molecule has 0 spiro atoms. The number of aromatic nitrogens is 5. The zero-order chi connectivity index (χ0) is 21.7. The van der Waals surface area contributed by atoms with Crippen LogP contribution in [0.1, 0.15) is 18.9 Å². The normalized spacial score (nSPS) is 16.7. The predicted octanol–water partition coefficient (Wildman–Crippen LogP) is 3.10. The van der Waals surface area contributed by atoms with Gasteiger partial charge in [0.05, 0.1) is 11.4 Å². The Morgan fingerprint density at radius 1 is 1.09 bits per heavy atom. The first-order valence-corrected chi connectivity index (χ1v) is 10.6. The van der Waals surface area contributed by atoms with Crippen LogP contribution >= 0.6 is 0 Å². The number of nitrogens with zero attached hydrogens (tertiary/aromatic N) is 4. The van der Waals surface area contributed by atoms with Gasteiger partial charge in [0.15, 0.2) is 11.4 Å². The topological polar surface area (TPSA) is 128 Å². The van der Waals surface area contributed by atoms with Crippen LogP contribution in [0.3, 0.4) is 0 Å². The number of H-pyrrole nitrogens is 1. The van der Waals surface area contributed by atoms with E-state index < -0.39 is 0 Å². The van der Waals surface area contributed by atoms with E-state index in [1.165, 1.54) is 0 Å². The van der Waals surface area contributed by atoms with E-state index in [1.54, 1.807) is 0 Å². The van der Waals surface area contributed by atoms with Gasteiger partial charge in [-0.3, -0.25) is 9.48 Å². The summed E-state index contributed by atoms with van der Waals surface area (Å²) >= 11 is 0. The van der Waals surface area contributed by atoms with Gasteiger partial charge in [0, 0.05) is 17.7 Å². The van der Waals surface area contributed by atoms with Crippen LogP contribution in [-0.4, -0.2) is 38.1 Å². The molecule has 4 heterocycles. The molecule has 3 aromatic heterocycles. The first-order valence-electron chi connectivity index (χ1n) is 10.6. The zero-order valence-electron chi connectivity index (χ0n) is 17.2. The van der Waals surface area contributed by atoms with Gasteiger partial charge in [0.25, 0.3) is 5.56 Å². The maximum atomic E-state index is 12.7. The SMILES string of the molecule is Nc1n[nH]c(=O)c2c1c(-c1ccc(-c3nc4ccccc4o3)cc1)nn2C1CCCNC1. The summed E-state index contributed by atoms with van der Waals surface area (Å²) in [5, 5.41) is 15.3. The molecule has 0 aliphatic carbocycles. The highest BCUT2D eigenvalue weighted by Gasteiger charge is 2.25. The van der Waals surface area contributed by atoms with Crippen molar-refractivity contribution in [3.63, 3.8) is 0 Å². The first-order chi connectivity index (χ1) is 15.7. The minimum absolute atomic E-state index is 0.0851. The Morgan fingerprint density at radius 3 is 2.69 bits per heavy atom. The van der Waals surface area contributed by atoms with Crippen molar-refractivity contribution in [3.05, 3.63) is 58.9 Å². The highest BCUT2D eigenvalue weighted by molar-refractivity contribution is 5.99. The molecule has 6 rings (SSSR count). The second kappa shape index (κ2) is 7.31. The minimum atomic E-state index is -0.290. The average Bonchev–Trinajstić information content (AvgIpc) is 3.45. The number of piperidine rings is 1. The highest BCUT2D eigenvalue weighted by Crippen LogP contribution is 2.33. The standard InChI is InChI=1S/C23H21N7O2/c24-21-18-19(29-30(15-4-3-11-25-12-15)20(18)22(31)28-27-21)13-7-9-14(10-8-13)23-26-16-5-1-2-6-17(16)32-23/h1-2,5-10,15,25H,3-4,11-12H2,(H2,24,27)(H,28,31). The molecule has 4 N–H and O–H groups in total. The third-order valence-electron chi connectivity index (χ3n) is 5.98. The molecule has 1 aliphatic rings. The summed E-state index contributed by atoms with van der Waals surface area (Å²) in [5.41, 5.74) is 10.3. The van der Waals surface area contributed by atoms with Crippen molar-refractivity contribution in [3.8, 4) is 22.7 Å². The van der Waals surface area contributed by atoms with Gasteiger partial charge in [0.2, 0.25) is 5.89 Å². The van der Waals surface area contributed by atoms with Crippen LogP contribution in [0.5, 0.6) is 0 Å². The van der Waals surface area contributed by atoms with Gasteiger partial charge in [-0.1, -0.05) is 24.3 Å². The van der Waals surface area contributed by atoms with Crippen LogP contribution < -0.4 is 16.6 Å². The molecule has 1 fully saturated rings. The number of aromatic amines is 1. The van der Waals surface area contributed by atoms with Crippen LogP contribution in [0.4, 0.5) is 5.82 Å². The average molecular weight is 427 g/mol. The summed E-state index contributed by atoms with van der Waals surface area (Å²) in [6, 6.07) is 15.5. The van der Waals surface area contributed by atoms with Crippen molar-refractivity contribution in [1.82, 2.24) is 30.3 Å². The molecule has 1 aliphatic heterocycles. The molecule has 9 heteroatoms. The molecule has 2 aromatic carbocycles. The van der Waals surface area contributed by atoms with E-state index in [0.717, 1.165) is 48.2 Å². The molecule has 1 atom stereocenters. The smallest absolute Gasteiger partial charge is 0.290 e. The summed E-state index contributed by atoms with van der Waals surface area (Å²) in [6.45, 7) is 1.73. The summed E-state index contributed by atoms with van der Waals surface area (Å²) in [6.07, 6.45) is 1.97. The van der Waals surface area contributed by atoms with Crippen LogP contribution in [-0.2, 0) is 0 Å². The fourth-order valence-corrected chi connectivity index (χ4v) is 4.39. The lowest BCUT2D eigenvalue weighted by atomic mass is 10.1. The van der Waals surface area contributed by atoms with Crippen LogP contribution in [0.2, 0.25) is 0 Å². The van der Waals surface area contributed by atoms with Crippen LogP contribution in [0.25, 0.3) is 44.7 Å². The zero-order valence-corrected chi connectivity index (χ0v) is 17.2. The Balaban J connectivity index is 1.46. The first kappa shape index (κ1) is 18.8. The van der Waals surface area contributed by atoms with Gasteiger partial charge in [-0.25, -0.2) is 10.1 Å². The molecule has 160 valence electrons. The van der Waals surface area contributed by atoms with Crippen molar-refractivity contribution in [2.24, 2.45) is 0 Å². The second-order valence-electron chi connectivity index (χ2n) is 8.02. The number of hydrogen-bond donors (Lipinski definition) is 3. The molecule has 32 heavy (non-hydrogen) atoms. The van der Waals surface area contributed by atoms with Gasteiger partial charge in [-0.2, -0.15) is 10.2 Å². The van der Waals surface area contributed by atoms with Gasteiger partial charge < -0.3 is 15.5 Å². The largest absolute Gasteiger partial charge is 0.436 e. The van der Waals surface area contributed by atoms with E-state index in [1.807, 2.05) is 53.2 Å². The number of benzene rings is 2. The molecule has 0 radical (unpaired) electrons. The van der Waals surface area contributed by atoms with Gasteiger partial charge in [-0.15, -0.1) is 0 Å². The number of para-hydroxylation sites is 2. The fourth-order valence-electron chi connectivity index (χ4n) is 4.39. The van der Waals surface area contributed by atoms with E-state index in [9.17, 15) is 4.79 Å². The quantitative estimate of drug-likeness (QED) is 0.404. The van der Waals surface area contributed by atoms with Crippen molar-refractivity contribution in [1.29, 1.82) is 0 Å². The highest BCUT2D eigenvalue weighted by atomic mass is 16.3. The number of fused-ring (bicyclic) bond motifs is 2. The van der Waals surface area contributed by atoms with Crippen molar-refractivity contribution < 1.29 is 4.42 Å². The second-order valence-corrected chi connectivity index (χ2v) is 8.02. The summed E-state index contributed by atoms with van der Waals surface area (Å²) in [7, 11) is 0. The third kappa shape index (κ3) is 2.97. The lowest BCUT2D eigenvalue weighted by molar-refractivity contribution is 0.355. The number of anilines is 1. The number of nitrogens with two attached hydrogens (primary N) is 1. The predicted molar refractivity (Wildman–Crippen MR) is 122 cm³/mol. The van der Waals surface area contributed by atoms with E-state index in [-0.39, 0.29) is 17.4 Å². The number of rotatable bonds is 3. The fraction of sp³-hybridized carbons (Fsp3) is 0.217. The van der Waals surface area contributed by atoms with Crippen molar-refractivity contribution in [2.45, 2.75) is 18.9 Å². The number of nitrogen functional groups attached to an aromatic ring is 1. The van der Waals surface area contributed by atoms with E-state index in [2.05, 4.69) is 20.5 Å². The molecule has 0 amide bonds. The third-order valence-corrected chi connectivity index (χ3v) is 5.98. The summed E-state index contributed by atoms with van der Waals surface area (Å²) in [4.78, 5) is 17.2. The Kier molecular flexibility index (Phi) is 4.29. The Hall–Kier alpha value is -3.98. The molecule has 9 nitrogen and oxygen atoms in total. The number of oxazole rings is 1. The maximum absolute atomic E-state index is 12.7. The lowest BCUT2D eigenvalue weighted by Gasteiger charge is -2.23. The minimum Gasteiger partial charge on any atom is -0.436 e. The Bertz CT molecular complexity index is 1460. The van der Waals surface area contributed by atoms with Crippen molar-refractivity contribution >= 4 is 27.8 Å². The molecular formula is C23H21N7O2. The number of hydrogen-bond acceptors (Lipinski definition) is 7. The number of nitrogens with one attached hydrogen (secondary N) is 2. The van der Waals surface area contributed by atoms with E-state index in [4.69, 9.17) is 15.2 Å². The molecule has 1 unspecified atom stereocenters. The molecule has 0 bridgehead atoms. The maximum Gasteiger partial charge on any atom is 0.290 e. The summed E-state index contributed by atoms with van der Waals surface area (Å²) in [5.74, 6) is 0.812. The Morgan fingerprint density at radius 2 is 1.91 bits per heavy atom. The molecule has 5 aromatic rings. The summed E-state index contributed by atoms with van der Waals surface area (Å²) < 4.78 is 7.68. The molecular weight excluding hydrogens is 406 g/mol. The van der Waals surface area contributed by atoms with Gasteiger partial charge >= 0.3 is 0 Å². The van der Waals surface area contributed by atoms with E-state index >= 15 is 0 Å². The lowest BCUT2D eigenvalue weighted by Crippen LogP contribution is -2.33. The van der Waals surface area contributed by atoms with Crippen molar-refractivity contribution in [2.75, 3.05) is 18.8 Å². The Labute approximate surface area is 182 Å². The van der Waals surface area contributed by atoms with Gasteiger partial charge in [-0.05, 0) is 43.7 Å². The van der Waals surface area contributed by atoms with Crippen LogP contribution in [0, 0.1) is 0 Å².